The number of allylic oxidation sites excluding steroid dienone is 1. The van der Waals surface area contributed by atoms with Crippen molar-refractivity contribution >= 4 is 23.9 Å². The molecule has 1 atom stereocenters. The summed E-state index contributed by atoms with van der Waals surface area (Å²) in [5.74, 6) is -7.25. The van der Waals surface area contributed by atoms with Crippen LogP contribution in [0.4, 0.5) is 0 Å². The highest BCUT2D eigenvalue weighted by atomic mass is 16.6. The second-order valence-corrected chi connectivity index (χ2v) is 4.65. The SMILES string of the molecule is CCC(OC(=O)C(C)=C(C)C)C(C(=O)O)(C(=O)O)C(=O)O. The Kier molecular flexibility index (Phi) is 6.09. The first kappa shape index (κ1) is 18.6. The zero-order valence-corrected chi connectivity index (χ0v) is 12.2. The molecule has 0 rings (SSSR count). The standard InChI is InChI=1S/C13H18O8/c1-5-8(21-9(14)7(4)6(2)3)13(10(15)16,11(17)18)12(19)20/h8H,5H2,1-4H3,(H,15,16)(H,17,18)(H,19,20). The summed E-state index contributed by atoms with van der Waals surface area (Å²) in [6.07, 6.45) is -2.13. The van der Waals surface area contributed by atoms with Crippen LogP contribution in [0.1, 0.15) is 34.1 Å². The van der Waals surface area contributed by atoms with Crippen LogP contribution in [-0.2, 0) is 23.9 Å². The maximum Gasteiger partial charge on any atom is 0.336 e. The molecule has 0 radical (unpaired) electrons. The first-order chi connectivity index (χ1) is 9.53. The maximum absolute atomic E-state index is 11.8. The van der Waals surface area contributed by atoms with Crippen molar-refractivity contribution < 1.29 is 39.2 Å². The van der Waals surface area contributed by atoms with Crippen molar-refractivity contribution in [1.29, 1.82) is 0 Å². The normalized spacial score (nSPS) is 12.2. The van der Waals surface area contributed by atoms with Gasteiger partial charge in [0.1, 0.15) is 6.10 Å². The number of hydrogen-bond donors (Lipinski definition) is 3. The van der Waals surface area contributed by atoms with E-state index < -0.39 is 35.4 Å². The summed E-state index contributed by atoms with van der Waals surface area (Å²) >= 11 is 0. The molecule has 0 aliphatic rings. The highest BCUT2D eigenvalue weighted by Crippen LogP contribution is 2.30. The van der Waals surface area contributed by atoms with Crippen LogP contribution in [0.2, 0.25) is 0 Å². The van der Waals surface area contributed by atoms with Gasteiger partial charge in [0.25, 0.3) is 5.41 Å². The molecule has 0 spiro atoms. The summed E-state index contributed by atoms with van der Waals surface area (Å²) in [5, 5.41) is 27.2. The molecule has 118 valence electrons. The van der Waals surface area contributed by atoms with Gasteiger partial charge in [0, 0.05) is 5.57 Å². The Labute approximate surface area is 121 Å². The monoisotopic (exact) mass is 302 g/mol. The van der Waals surface area contributed by atoms with Gasteiger partial charge in [-0.2, -0.15) is 0 Å². The summed E-state index contributed by atoms with van der Waals surface area (Å²) in [7, 11) is 0. The molecule has 0 amide bonds. The molecule has 0 aliphatic heterocycles. The number of carboxylic acid groups (broad SMARTS) is 3. The summed E-state index contributed by atoms with van der Waals surface area (Å²) < 4.78 is 4.83. The van der Waals surface area contributed by atoms with Gasteiger partial charge < -0.3 is 20.1 Å². The third-order valence-electron chi connectivity index (χ3n) is 3.17. The van der Waals surface area contributed by atoms with Crippen LogP contribution < -0.4 is 0 Å². The van der Waals surface area contributed by atoms with E-state index in [0.29, 0.717) is 5.57 Å². The average molecular weight is 302 g/mol. The van der Waals surface area contributed by atoms with Crippen molar-refractivity contribution in [3.8, 4) is 0 Å². The fraction of sp³-hybridized carbons (Fsp3) is 0.538. The number of carbonyl (C=O) groups is 4. The van der Waals surface area contributed by atoms with Gasteiger partial charge in [-0.25, -0.2) is 4.79 Å². The lowest BCUT2D eigenvalue weighted by Gasteiger charge is -2.28. The smallest absolute Gasteiger partial charge is 0.336 e. The number of ether oxygens (including phenoxy) is 1. The Morgan fingerprint density at radius 1 is 0.952 bits per heavy atom. The third-order valence-corrected chi connectivity index (χ3v) is 3.17. The molecule has 3 N–H and O–H groups in total. The summed E-state index contributed by atoms with van der Waals surface area (Å²) in [5.41, 5.74) is -2.50. The first-order valence-corrected chi connectivity index (χ1v) is 6.08. The number of aliphatic carboxylic acids is 3. The van der Waals surface area contributed by atoms with E-state index in [1.54, 1.807) is 13.8 Å². The van der Waals surface area contributed by atoms with Gasteiger partial charge in [-0.3, -0.25) is 14.4 Å². The minimum absolute atomic E-state index is 0.156. The number of carbonyl (C=O) groups excluding carboxylic acids is 1. The largest absolute Gasteiger partial charge is 0.480 e. The number of rotatable bonds is 7. The van der Waals surface area contributed by atoms with Gasteiger partial charge in [0.15, 0.2) is 0 Å². The van der Waals surface area contributed by atoms with Gasteiger partial charge in [-0.15, -0.1) is 0 Å². The lowest BCUT2D eigenvalue weighted by molar-refractivity contribution is -0.189. The topological polar surface area (TPSA) is 138 Å². The van der Waals surface area contributed by atoms with Crippen LogP contribution in [0.3, 0.4) is 0 Å². The van der Waals surface area contributed by atoms with Crippen molar-refractivity contribution in [2.24, 2.45) is 5.41 Å². The molecule has 0 fully saturated rings. The lowest BCUT2D eigenvalue weighted by Crippen LogP contribution is -2.56. The molecule has 8 heteroatoms. The molecular formula is C13H18O8. The van der Waals surface area contributed by atoms with Crippen molar-refractivity contribution in [1.82, 2.24) is 0 Å². The van der Waals surface area contributed by atoms with E-state index in [4.69, 9.17) is 20.1 Å². The van der Waals surface area contributed by atoms with E-state index in [-0.39, 0.29) is 12.0 Å². The van der Waals surface area contributed by atoms with Crippen LogP contribution in [0, 0.1) is 5.41 Å². The maximum atomic E-state index is 11.8. The second kappa shape index (κ2) is 6.87. The Morgan fingerprint density at radius 3 is 1.57 bits per heavy atom. The summed E-state index contributed by atoms with van der Waals surface area (Å²) in [4.78, 5) is 45.5. The van der Waals surface area contributed by atoms with Crippen molar-refractivity contribution in [2.45, 2.75) is 40.2 Å². The predicted molar refractivity (Wildman–Crippen MR) is 69.6 cm³/mol. The van der Waals surface area contributed by atoms with Crippen molar-refractivity contribution in [2.75, 3.05) is 0 Å². The van der Waals surface area contributed by atoms with E-state index in [0.717, 1.165) is 0 Å². The molecule has 0 saturated heterocycles. The second-order valence-electron chi connectivity index (χ2n) is 4.65. The Bertz CT molecular complexity index is 462. The highest BCUT2D eigenvalue weighted by Gasteiger charge is 2.62. The Balaban J connectivity index is 5.83. The summed E-state index contributed by atoms with van der Waals surface area (Å²) in [6, 6.07) is 0. The quantitative estimate of drug-likeness (QED) is 0.358. The van der Waals surface area contributed by atoms with E-state index in [1.165, 1.54) is 13.8 Å². The minimum Gasteiger partial charge on any atom is -0.480 e. The highest BCUT2D eigenvalue weighted by molar-refractivity contribution is 6.17. The minimum atomic E-state index is -3.24. The van der Waals surface area contributed by atoms with Gasteiger partial charge in [-0.1, -0.05) is 12.5 Å². The Hall–Kier alpha value is -2.38. The molecular weight excluding hydrogens is 284 g/mol. The van der Waals surface area contributed by atoms with Gasteiger partial charge in [0.05, 0.1) is 0 Å². The zero-order valence-electron chi connectivity index (χ0n) is 12.2. The molecule has 0 heterocycles. The fourth-order valence-electron chi connectivity index (χ4n) is 1.59. The molecule has 21 heavy (non-hydrogen) atoms. The predicted octanol–water partition coefficient (Wildman–Crippen LogP) is 0.905. The zero-order chi connectivity index (χ0) is 17.0. The average Bonchev–Trinajstić information content (AvgIpc) is 2.35. The van der Waals surface area contributed by atoms with Crippen LogP contribution in [-0.4, -0.2) is 45.3 Å². The van der Waals surface area contributed by atoms with Crippen LogP contribution in [0.15, 0.2) is 11.1 Å². The molecule has 0 aromatic carbocycles. The molecule has 0 aliphatic carbocycles. The molecule has 8 nitrogen and oxygen atoms in total. The molecule has 1 unspecified atom stereocenters. The van der Waals surface area contributed by atoms with Gasteiger partial charge in [0.2, 0.25) is 0 Å². The molecule has 0 aromatic heterocycles. The van der Waals surface area contributed by atoms with E-state index in [2.05, 4.69) is 0 Å². The molecule has 0 aromatic rings. The number of hydrogen-bond acceptors (Lipinski definition) is 5. The lowest BCUT2D eigenvalue weighted by atomic mass is 9.80. The van der Waals surface area contributed by atoms with Crippen LogP contribution in [0.25, 0.3) is 0 Å². The number of carboxylic acids is 3. The van der Waals surface area contributed by atoms with Crippen molar-refractivity contribution in [3.63, 3.8) is 0 Å². The van der Waals surface area contributed by atoms with Crippen molar-refractivity contribution in [3.05, 3.63) is 11.1 Å². The van der Waals surface area contributed by atoms with Crippen LogP contribution in [0.5, 0.6) is 0 Å². The van der Waals surface area contributed by atoms with E-state index in [9.17, 15) is 19.2 Å². The number of esters is 1. The molecule has 0 saturated carbocycles. The van der Waals surface area contributed by atoms with Crippen LogP contribution >= 0.6 is 0 Å². The fourth-order valence-corrected chi connectivity index (χ4v) is 1.59. The van der Waals surface area contributed by atoms with E-state index >= 15 is 0 Å². The van der Waals surface area contributed by atoms with E-state index in [1.807, 2.05) is 0 Å². The third kappa shape index (κ3) is 3.39. The summed E-state index contributed by atoms with van der Waals surface area (Å²) in [6.45, 7) is 5.96. The molecule has 0 bridgehead atoms. The Morgan fingerprint density at radius 2 is 1.33 bits per heavy atom. The first-order valence-electron chi connectivity index (χ1n) is 6.08. The van der Waals surface area contributed by atoms with Gasteiger partial charge in [-0.05, 0) is 27.2 Å². The van der Waals surface area contributed by atoms with Gasteiger partial charge >= 0.3 is 23.9 Å².